The highest BCUT2D eigenvalue weighted by Crippen LogP contribution is 2.45. The van der Waals surface area contributed by atoms with Gasteiger partial charge in [-0.25, -0.2) is 12.8 Å². The molecule has 31 heavy (non-hydrogen) atoms. The summed E-state index contributed by atoms with van der Waals surface area (Å²) in [7, 11) is 1.75. The second-order valence-electron chi connectivity index (χ2n) is 8.09. The minimum Gasteiger partial charge on any atom is -0.491 e. The number of nitrogens with zero attached hydrogens (tertiary/aromatic N) is 2. The molecule has 0 N–H and O–H groups in total. The molecule has 2 unspecified atom stereocenters. The molecule has 2 aromatic rings. The fourth-order valence-electron chi connectivity index (χ4n) is 4.89. The van der Waals surface area contributed by atoms with Crippen molar-refractivity contribution in [3.05, 3.63) is 52.3 Å². The molecule has 2 fully saturated rings. The topological polar surface area (TPSA) is 66.9 Å². The van der Waals surface area contributed by atoms with Crippen LogP contribution in [0.3, 0.4) is 0 Å². The van der Waals surface area contributed by atoms with E-state index in [1.54, 1.807) is 17.0 Å². The van der Waals surface area contributed by atoms with Gasteiger partial charge >= 0.3 is 0 Å². The molecule has 5 rings (SSSR count). The number of carbonyl (C=O) groups is 1. The zero-order valence-corrected chi connectivity index (χ0v) is 18.7. The van der Waals surface area contributed by atoms with Crippen molar-refractivity contribution in [2.45, 2.75) is 36.2 Å². The van der Waals surface area contributed by atoms with Crippen molar-refractivity contribution in [1.29, 1.82) is 0 Å². The Bertz CT molecular complexity index is 1180. The van der Waals surface area contributed by atoms with Gasteiger partial charge in [0.25, 0.3) is 15.0 Å². The van der Waals surface area contributed by atoms with Gasteiger partial charge in [0.15, 0.2) is 0 Å². The zero-order chi connectivity index (χ0) is 21.9. The molecule has 2 aromatic carbocycles. The first-order valence-corrected chi connectivity index (χ1v) is 12.7. The molecule has 0 spiro atoms. The molecule has 3 aliphatic rings. The van der Waals surface area contributed by atoms with Crippen molar-refractivity contribution >= 4 is 42.9 Å². The third kappa shape index (κ3) is 3.64. The van der Waals surface area contributed by atoms with E-state index in [1.165, 1.54) is 12.1 Å². The molecule has 3 aliphatic heterocycles. The zero-order valence-electron chi connectivity index (χ0n) is 16.4. The standard InChI is InChI=1S/C21H19Cl2FN2O4S/c22-18-8-13(24)1-4-17(18)21(27)25-10-14-2-3-15(11-25)26(14)19-9-16(31(23,28)29)7-12-5-6-30-20(12)19/h1,4,7-9,14-15H,2-3,5-6,10-11H2. The number of amides is 1. The van der Waals surface area contributed by atoms with Gasteiger partial charge in [-0.1, -0.05) is 11.6 Å². The summed E-state index contributed by atoms with van der Waals surface area (Å²) >= 11 is 6.10. The van der Waals surface area contributed by atoms with Crippen molar-refractivity contribution in [3.8, 4) is 5.75 Å². The van der Waals surface area contributed by atoms with Crippen molar-refractivity contribution in [1.82, 2.24) is 4.90 Å². The molecule has 2 saturated heterocycles. The Balaban J connectivity index is 1.46. The molecule has 10 heteroatoms. The van der Waals surface area contributed by atoms with Crippen LogP contribution >= 0.6 is 22.3 Å². The summed E-state index contributed by atoms with van der Waals surface area (Å²) in [5.41, 5.74) is 1.82. The number of anilines is 1. The quantitative estimate of drug-likeness (QED) is 0.619. The Labute approximate surface area is 188 Å². The van der Waals surface area contributed by atoms with Gasteiger partial charge in [0.05, 0.1) is 27.8 Å². The summed E-state index contributed by atoms with van der Waals surface area (Å²) in [6.45, 7) is 1.40. The predicted octanol–water partition coefficient (Wildman–Crippen LogP) is 3.83. The van der Waals surface area contributed by atoms with Gasteiger partial charge in [-0.15, -0.1) is 0 Å². The van der Waals surface area contributed by atoms with E-state index >= 15 is 0 Å². The van der Waals surface area contributed by atoms with Crippen LogP contribution in [0.15, 0.2) is 35.2 Å². The lowest BCUT2D eigenvalue weighted by molar-refractivity contribution is 0.0718. The van der Waals surface area contributed by atoms with Crippen LogP contribution in [0.4, 0.5) is 10.1 Å². The molecule has 0 aliphatic carbocycles. The monoisotopic (exact) mass is 484 g/mol. The molecule has 3 heterocycles. The van der Waals surface area contributed by atoms with E-state index in [4.69, 9.17) is 27.0 Å². The number of hydrogen-bond acceptors (Lipinski definition) is 5. The predicted molar refractivity (Wildman–Crippen MR) is 115 cm³/mol. The van der Waals surface area contributed by atoms with E-state index in [1.807, 2.05) is 0 Å². The summed E-state index contributed by atoms with van der Waals surface area (Å²) in [6.07, 6.45) is 2.34. The van der Waals surface area contributed by atoms with Crippen molar-refractivity contribution in [2.24, 2.45) is 0 Å². The number of rotatable bonds is 3. The van der Waals surface area contributed by atoms with Crippen LogP contribution in [0, 0.1) is 5.82 Å². The number of benzene rings is 2. The van der Waals surface area contributed by atoms with E-state index in [2.05, 4.69) is 4.90 Å². The molecule has 164 valence electrons. The van der Waals surface area contributed by atoms with Gasteiger partial charge in [-0.3, -0.25) is 4.79 Å². The normalized spacial score (nSPS) is 22.4. The maximum absolute atomic E-state index is 13.4. The van der Waals surface area contributed by atoms with E-state index in [-0.39, 0.29) is 33.5 Å². The number of ether oxygens (including phenoxy) is 1. The van der Waals surface area contributed by atoms with Gasteiger partial charge in [0, 0.05) is 47.8 Å². The first-order chi connectivity index (χ1) is 14.7. The van der Waals surface area contributed by atoms with Crippen LogP contribution in [-0.4, -0.2) is 51.0 Å². The molecule has 2 atom stereocenters. The number of carbonyl (C=O) groups excluding carboxylic acids is 1. The second kappa shape index (κ2) is 7.53. The Hall–Kier alpha value is -2.03. The van der Waals surface area contributed by atoms with Crippen molar-refractivity contribution < 1.29 is 22.3 Å². The fraction of sp³-hybridized carbons (Fsp3) is 0.381. The van der Waals surface area contributed by atoms with Gasteiger partial charge in [0.1, 0.15) is 11.6 Å². The molecule has 6 nitrogen and oxygen atoms in total. The van der Waals surface area contributed by atoms with Crippen molar-refractivity contribution in [3.63, 3.8) is 0 Å². The molecular formula is C21H19Cl2FN2O4S. The minimum atomic E-state index is -3.89. The van der Waals surface area contributed by atoms with E-state index < -0.39 is 14.9 Å². The molecule has 1 amide bonds. The first kappa shape index (κ1) is 20.8. The molecule has 0 aromatic heterocycles. The van der Waals surface area contributed by atoms with Gasteiger partial charge in [-0.05, 0) is 43.2 Å². The summed E-state index contributed by atoms with van der Waals surface area (Å²) in [5.74, 6) is -0.0307. The van der Waals surface area contributed by atoms with Crippen LogP contribution in [0.1, 0.15) is 28.8 Å². The molecule has 0 saturated carbocycles. The van der Waals surface area contributed by atoms with Crippen LogP contribution in [0.5, 0.6) is 5.75 Å². The van der Waals surface area contributed by atoms with Gasteiger partial charge in [0.2, 0.25) is 0 Å². The van der Waals surface area contributed by atoms with Gasteiger partial charge < -0.3 is 14.5 Å². The average Bonchev–Trinajstić information content (AvgIpc) is 3.28. The number of likely N-dealkylation sites (tertiary alicyclic amines) is 1. The lowest BCUT2D eigenvalue weighted by Gasteiger charge is -2.43. The van der Waals surface area contributed by atoms with E-state index in [0.717, 1.165) is 24.5 Å². The van der Waals surface area contributed by atoms with Crippen LogP contribution in [0.25, 0.3) is 0 Å². The molecule has 0 radical (unpaired) electrons. The highest BCUT2D eigenvalue weighted by molar-refractivity contribution is 8.13. The fourth-order valence-corrected chi connectivity index (χ4v) is 5.94. The van der Waals surface area contributed by atoms with E-state index in [0.29, 0.717) is 37.6 Å². The third-order valence-corrected chi connectivity index (χ3v) is 7.87. The Morgan fingerprint density at radius 1 is 1.13 bits per heavy atom. The lowest BCUT2D eigenvalue weighted by Crippen LogP contribution is -2.55. The number of piperazine rings is 1. The highest BCUT2D eigenvalue weighted by Gasteiger charge is 2.43. The Morgan fingerprint density at radius 3 is 2.48 bits per heavy atom. The second-order valence-corrected chi connectivity index (χ2v) is 11.1. The van der Waals surface area contributed by atoms with Crippen LogP contribution in [-0.2, 0) is 15.5 Å². The molecular weight excluding hydrogens is 466 g/mol. The summed E-state index contributed by atoms with van der Waals surface area (Å²) in [6, 6.07) is 6.93. The van der Waals surface area contributed by atoms with Crippen LogP contribution < -0.4 is 9.64 Å². The minimum absolute atomic E-state index is 0.00324. The number of halogens is 3. The summed E-state index contributed by atoms with van der Waals surface area (Å²) < 4.78 is 43.2. The summed E-state index contributed by atoms with van der Waals surface area (Å²) in [5, 5.41) is 0.0889. The Kier molecular flexibility index (Phi) is 5.07. The Morgan fingerprint density at radius 2 is 1.84 bits per heavy atom. The largest absolute Gasteiger partial charge is 0.491 e. The first-order valence-electron chi connectivity index (χ1n) is 9.99. The van der Waals surface area contributed by atoms with Crippen LogP contribution in [0.2, 0.25) is 5.02 Å². The number of fused-ring (bicyclic) bond motifs is 3. The summed E-state index contributed by atoms with van der Waals surface area (Å²) in [4.78, 5) is 17.0. The maximum Gasteiger partial charge on any atom is 0.261 e. The maximum atomic E-state index is 13.4. The molecule has 2 bridgehead atoms. The highest BCUT2D eigenvalue weighted by atomic mass is 35.7. The smallest absolute Gasteiger partial charge is 0.261 e. The SMILES string of the molecule is O=C(c1ccc(F)cc1Cl)N1CC2CCC(C1)N2c1cc(S(=O)(=O)Cl)cc2c1OCC2. The van der Waals surface area contributed by atoms with Crippen molar-refractivity contribution in [2.75, 3.05) is 24.6 Å². The van der Waals surface area contributed by atoms with Gasteiger partial charge in [-0.2, -0.15) is 0 Å². The lowest BCUT2D eigenvalue weighted by atomic mass is 10.1. The third-order valence-electron chi connectivity index (χ3n) is 6.23. The van der Waals surface area contributed by atoms with E-state index in [9.17, 15) is 17.6 Å². The average molecular weight is 485 g/mol. The number of hydrogen-bond donors (Lipinski definition) is 0.